The number of benzene rings is 2. The third-order valence-corrected chi connectivity index (χ3v) is 6.56. The normalized spacial score (nSPS) is 18.5. The van der Waals surface area contributed by atoms with Crippen molar-refractivity contribution < 1.29 is 22.8 Å². The number of anilines is 2. The number of aryl methyl sites for hydroxylation is 1. The Morgan fingerprint density at radius 3 is 2.85 bits per heavy atom. The highest BCUT2D eigenvalue weighted by molar-refractivity contribution is 6.05. The summed E-state index contributed by atoms with van der Waals surface area (Å²) in [6, 6.07) is 9.27. The molecule has 1 aromatic heterocycles. The Morgan fingerprint density at radius 1 is 1.24 bits per heavy atom. The minimum Gasteiger partial charge on any atom is -0.355 e. The maximum absolute atomic E-state index is 13.4. The van der Waals surface area contributed by atoms with E-state index in [0.29, 0.717) is 24.1 Å². The van der Waals surface area contributed by atoms with E-state index in [2.05, 4.69) is 15.5 Å². The maximum Gasteiger partial charge on any atom is 0.408 e. The first kappa shape index (κ1) is 22.2. The molecule has 1 atom stereocenters. The average molecular weight is 471 g/mol. The third-order valence-electron chi connectivity index (χ3n) is 6.56. The topological polar surface area (TPSA) is 81.3 Å². The van der Waals surface area contributed by atoms with Crippen molar-refractivity contribution in [1.29, 1.82) is 0 Å². The van der Waals surface area contributed by atoms with E-state index < -0.39 is 18.1 Å². The molecule has 1 saturated heterocycles. The Hall–Kier alpha value is -3.56. The molecule has 10 heteroatoms. The van der Waals surface area contributed by atoms with Gasteiger partial charge in [-0.25, -0.2) is 0 Å². The van der Waals surface area contributed by atoms with Gasteiger partial charge in [0.25, 0.3) is 5.91 Å². The predicted molar refractivity (Wildman–Crippen MR) is 121 cm³/mol. The van der Waals surface area contributed by atoms with Gasteiger partial charge in [0.1, 0.15) is 12.6 Å². The minimum absolute atomic E-state index is 0.0555. The van der Waals surface area contributed by atoms with Gasteiger partial charge in [0, 0.05) is 29.9 Å². The zero-order chi connectivity index (χ0) is 24.0. The third kappa shape index (κ3) is 3.97. The molecule has 0 saturated carbocycles. The molecule has 0 radical (unpaired) electrons. The maximum atomic E-state index is 13.4. The molecule has 2 aliphatic heterocycles. The summed E-state index contributed by atoms with van der Waals surface area (Å²) >= 11 is 0. The van der Waals surface area contributed by atoms with Crippen LogP contribution in [0.15, 0.2) is 36.4 Å². The van der Waals surface area contributed by atoms with Gasteiger partial charge in [0.2, 0.25) is 5.91 Å². The van der Waals surface area contributed by atoms with Crippen molar-refractivity contribution in [2.75, 3.05) is 18.4 Å². The van der Waals surface area contributed by atoms with Gasteiger partial charge in [0.15, 0.2) is 0 Å². The fraction of sp³-hybridized carbons (Fsp3) is 0.375. The van der Waals surface area contributed by atoms with E-state index in [1.54, 1.807) is 18.2 Å². The van der Waals surface area contributed by atoms with Gasteiger partial charge in [0.05, 0.1) is 16.8 Å². The Kier molecular flexibility index (Phi) is 5.45. The highest BCUT2D eigenvalue weighted by atomic mass is 19.4. The summed E-state index contributed by atoms with van der Waals surface area (Å²) < 4.78 is 40.3. The number of fused-ring (bicyclic) bond motifs is 2. The fourth-order valence-electron chi connectivity index (χ4n) is 4.86. The molecular weight excluding hydrogens is 447 g/mol. The van der Waals surface area contributed by atoms with E-state index >= 15 is 0 Å². The number of carbonyl (C=O) groups is 2. The SMILES string of the molecule is Cc1[nH]nc2cc(Nc3cccc4c3C(=O)N(CC(=O)N3CCCC[C@H]3C(F)(F)F)C4)ccc12. The van der Waals surface area contributed by atoms with Gasteiger partial charge in [-0.3, -0.25) is 14.7 Å². The van der Waals surface area contributed by atoms with Crippen molar-refractivity contribution in [3.8, 4) is 0 Å². The summed E-state index contributed by atoms with van der Waals surface area (Å²) in [5.74, 6) is -1.04. The number of carbonyl (C=O) groups excluding carboxylic acids is 2. The molecule has 2 aromatic carbocycles. The smallest absolute Gasteiger partial charge is 0.355 e. The zero-order valence-corrected chi connectivity index (χ0v) is 18.6. The van der Waals surface area contributed by atoms with E-state index in [-0.39, 0.29) is 32.0 Å². The van der Waals surface area contributed by atoms with Crippen LogP contribution in [0.5, 0.6) is 0 Å². The van der Waals surface area contributed by atoms with Crippen LogP contribution in [0.4, 0.5) is 24.5 Å². The van der Waals surface area contributed by atoms with Crippen molar-refractivity contribution >= 4 is 34.1 Å². The van der Waals surface area contributed by atoms with Crippen LogP contribution in [0, 0.1) is 6.92 Å². The molecule has 3 heterocycles. The van der Waals surface area contributed by atoms with Gasteiger partial charge in [-0.1, -0.05) is 12.1 Å². The number of nitrogens with one attached hydrogen (secondary N) is 2. The lowest BCUT2D eigenvalue weighted by molar-refractivity contribution is -0.196. The number of likely N-dealkylation sites (tertiary alicyclic amines) is 1. The first-order valence-electron chi connectivity index (χ1n) is 11.2. The van der Waals surface area contributed by atoms with Crippen LogP contribution in [0.1, 0.15) is 40.9 Å². The number of halogens is 3. The number of hydrogen-bond acceptors (Lipinski definition) is 4. The minimum atomic E-state index is -4.47. The van der Waals surface area contributed by atoms with Crippen LogP contribution in [0.2, 0.25) is 0 Å². The van der Waals surface area contributed by atoms with Crippen LogP contribution in [0.25, 0.3) is 10.9 Å². The van der Waals surface area contributed by atoms with Gasteiger partial charge in [-0.15, -0.1) is 0 Å². The van der Waals surface area contributed by atoms with E-state index in [9.17, 15) is 22.8 Å². The zero-order valence-electron chi connectivity index (χ0n) is 18.6. The number of piperidine rings is 1. The van der Waals surface area contributed by atoms with Gasteiger partial charge >= 0.3 is 6.18 Å². The molecule has 5 rings (SSSR count). The molecule has 2 aliphatic rings. The number of rotatable bonds is 4. The Bertz CT molecular complexity index is 1270. The number of aromatic amines is 1. The summed E-state index contributed by atoms with van der Waals surface area (Å²) in [5.41, 5.74) is 4.23. The van der Waals surface area contributed by atoms with Crippen LogP contribution in [0.3, 0.4) is 0 Å². The van der Waals surface area contributed by atoms with E-state index in [1.165, 1.54) is 4.90 Å². The van der Waals surface area contributed by atoms with Crippen LogP contribution in [-0.4, -0.2) is 57.1 Å². The lowest BCUT2D eigenvalue weighted by Crippen LogP contribution is -2.53. The van der Waals surface area contributed by atoms with Gasteiger partial charge < -0.3 is 15.1 Å². The van der Waals surface area contributed by atoms with E-state index in [4.69, 9.17) is 0 Å². The quantitative estimate of drug-likeness (QED) is 0.587. The number of nitrogens with zero attached hydrogens (tertiary/aromatic N) is 3. The summed E-state index contributed by atoms with van der Waals surface area (Å²) in [6.45, 7) is 1.79. The number of H-pyrrole nitrogens is 1. The van der Waals surface area contributed by atoms with Gasteiger partial charge in [-0.05, 0) is 56.0 Å². The second kappa shape index (κ2) is 8.34. The molecule has 3 aromatic rings. The molecule has 34 heavy (non-hydrogen) atoms. The molecule has 0 unspecified atom stereocenters. The predicted octanol–water partition coefficient (Wildman–Crippen LogP) is 4.51. The molecule has 0 bridgehead atoms. The first-order chi connectivity index (χ1) is 16.2. The van der Waals surface area contributed by atoms with Crippen LogP contribution in [-0.2, 0) is 11.3 Å². The number of aromatic nitrogens is 2. The van der Waals surface area contributed by atoms with E-state index in [0.717, 1.165) is 32.7 Å². The molecule has 0 spiro atoms. The molecule has 0 aliphatic carbocycles. The highest BCUT2D eigenvalue weighted by Crippen LogP contribution is 2.34. The van der Waals surface area contributed by atoms with Crippen molar-refractivity contribution in [3.05, 3.63) is 53.2 Å². The summed E-state index contributed by atoms with van der Waals surface area (Å²) in [6.07, 6.45) is -3.61. The molecule has 2 N–H and O–H groups in total. The van der Waals surface area contributed by atoms with Crippen molar-refractivity contribution in [1.82, 2.24) is 20.0 Å². The Morgan fingerprint density at radius 2 is 2.06 bits per heavy atom. The first-order valence-corrected chi connectivity index (χ1v) is 11.2. The Balaban J connectivity index is 1.34. The lowest BCUT2D eigenvalue weighted by atomic mass is 10.0. The molecule has 178 valence electrons. The van der Waals surface area contributed by atoms with Crippen LogP contribution < -0.4 is 5.32 Å². The largest absolute Gasteiger partial charge is 0.408 e. The van der Waals surface area contributed by atoms with Crippen molar-refractivity contribution in [2.45, 2.75) is 44.9 Å². The standard InChI is InChI=1S/C24H24F3N5O2/c1-14-17-9-8-16(11-19(17)30-29-14)28-18-6-4-5-15-12-31(23(34)22(15)18)13-21(33)32-10-3-2-7-20(32)24(25,26)27/h4-6,8-9,11,20,28H,2-3,7,10,12-13H2,1H3,(H,29,30)/t20-/m0/s1. The molecular formula is C24H24F3N5O2. The average Bonchev–Trinajstić information content (AvgIpc) is 3.33. The van der Waals surface area contributed by atoms with E-state index in [1.807, 2.05) is 25.1 Å². The molecule has 1 fully saturated rings. The second-order valence-corrected chi connectivity index (χ2v) is 8.85. The highest BCUT2D eigenvalue weighted by Gasteiger charge is 2.46. The monoisotopic (exact) mass is 471 g/mol. The van der Waals surface area contributed by atoms with Gasteiger partial charge in [-0.2, -0.15) is 18.3 Å². The molecule has 7 nitrogen and oxygen atoms in total. The number of alkyl halides is 3. The van der Waals surface area contributed by atoms with Crippen molar-refractivity contribution in [2.24, 2.45) is 0 Å². The lowest BCUT2D eigenvalue weighted by Gasteiger charge is -2.37. The van der Waals surface area contributed by atoms with Crippen molar-refractivity contribution in [3.63, 3.8) is 0 Å². The fourth-order valence-corrected chi connectivity index (χ4v) is 4.86. The number of amides is 2. The Labute approximate surface area is 193 Å². The number of hydrogen-bond donors (Lipinski definition) is 2. The summed E-state index contributed by atoms with van der Waals surface area (Å²) in [5, 5.41) is 11.4. The molecule has 2 amide bonds. The van der Waals surface area contributed by atoms with Crippen LogP contribution >= 0.6 is 0 Å². The summed E-state index contributed by atoms with van der Waals surface area (Å²) in [4.78, 5) is 28.2. The second-order valence-electron chi connectivity index (χ2n) is 8.85. The summed E-state index contributed by atoms with van der Waals surface area (Å²) in [7, 11) is 0.